The molecule has 1 aliphatic rings. The first-order chi connectivity index (χ1) is 8.33. The lowest BCUT2D eigenvalue weighted by molar-refractivity contribution is -0.125. The number of hydrogen-bond donors (Lipinski definition) is 2. The molecule has 1 saturated heterocycles. The minimum atomic E-state index is -3.08. The second kappa shape index (κ2) is 6.49. The van der Waals surface area contributed by atoms with E-state index in [-0.39, 0.29) is 29.7 Å². The third-order valence-corrected chi connectivity index (χ3v) is 3.93. The maximum Gasteiger partial charge on any atom is 0.227 e. The van der Waals surface area contributed by atoms with E-state index in [0.29, 0.717) is 13.2 Å². The third kappa shape index (κ3) is 4.91. The second-order valence-corrected chi connectivity index (χ2v) is 7.00. The Morgan fingerprint density at radius 2 is 2.11 bits per heavy atom. The number of ether oxygens (including phenoxy) is 1. The van der Waals surface area contributed by atoms with E-state index in [1.165, 1.54) is 0 Å². The molecule has 3 unspecified atom stereocenters. The van der Waals surface area contributed by atoms with Crippen LogP contribution in [0.1, 0.15) is 13.8 Å². The van der Waals surface area contributed by atoms with E-state index in [9.17, 15) is 13.2 Å². The predicted octanol–water partition coefficient (Wildman–Crippen LogP) is -0.840. The molecule has 0 saturated carbocycles. The lowest BCUT2D eigenvalue weighted by Gasteiger charge is -2.20. The van der Waals surface area contributed by atoms with Gasteiger partial charge in [-0.15, -0.1) is 0 Å². The summed E-state index contributed by atoms with van der Waals surface area (Å²) in [5, 5.41) is 5.92. The van der Waals surface area contributed by atoms with Gasteiger partial charge in [0.1, 0.15) is 9.84 Å². The van der Waals surface area contributed by atoms with Gasteiger partial charge in [-0.1, -0.05) is 6.92 Å². The fourth-order valence-electron chi connectivity index (χ4n) is 2.12. The molecule has 0 aromatic carbocycles. The number of carbonyl (C=O) groups excluding carboxylic acids is 1. The Labute approximate surface area is 108 Å². The minimum Gasteiger partial charge on any atom is -0.379 e. The van der Waals surface area contributed by atoms with Crippen LogP contribution in [0.25, 0.3) is 0 Å². The maximum atomic E-state index is 12.0. The van der Waals surface area contributed by atoms with E-state index in [1.807, 2.05) is 6.92 Å². The summed E-state index contributed by atoms with van der Waals surface area (Å²) in [7, 11) is -3.08. The molecule has 0 spiro atoms. The molecule has 1 aliphatic heterocycles. The predicted molar refractivity (Wildman–Crippen MR) is 69.1 cm³/mol. The molecule has 0 aromatic heterocycles. The zero-order chi connectivity index (χ0) is 13.8. The van der Waals surface area contributed by atoms with Crippen LogP contribution in [0.3, 0.4) is 0 Å². The van der Waals surface area contributed by atoms with Crippen molar-refractivity contribution in [3.05, 3.63) is 0 Å². The van der Waals surface area contributed by atoms with Crippen molar-refractivity contribution < 1.29 is 17.9 Å². The lowest BCUT2D eigenvalue weighted by Crippen LogP contribution is -2.47. The highest BCUT2D eigenvalue weighted by atomic mass is 32.2. The van der Waals surface area contributed by atoms with E-state index in [1.54, 1.807) is 6.92 Å². The Balaban J connectivity index is 2.49. The van der Waals surface area contributed by atoms with Gasteiger partial charge in [-0.05, 0) is 13.5 Å². The molecule has 1 fully saturated rings. The van der Waals surface area contributed by atoms with Gasteiger partial charge in [0.2, 0.25) is 5.91 Å². The van der Waals surface area contributed by atoms with Gasteiger partial charge in [0, 0.05) is 18.3 Å². The van der Waals surface area contributed by atoms with Crippen molar-refractivity contribution in [2.24, 2.45) is 5.92 Å². The molecule has 18 heavy (non-hydrogen) atoms. The van der Waals surface area contributed by atoms with Crippen molar-refractivity contribution in [2.75, 3.05) is 31.8 Å². The Morgan fingerprint density at radius 3 is 2.67 bits per heavy atom. The number of amides is 1. The van der Waals surface area contributed by atoms with Gasteiger partial charge in [0.05, 0.1) is 24.9 Å². The van der Waals surface area contributed by atoms with Crippen LogP contribution in [0.5, 0.6) is 0 Å². The number of sulfone groups is 1. The highest BCUT2D eigenvalue weighted by Crippen LogP contribution is 2.14. The fraction of sp³-hybridized carbons (Fsp3) is 0.909. The molecule has 0 aromatic rings. The topological polar surface area (TPSA) is 84.5 Å². The van der Waals surface area contributed by atoms with Crippen LogP contribution in [0, 0.1) is 5.92 Å². The summed E-state index contributed by atoms with van der Waals surface area (Å²) in [5.41, 5.74) is 0. The highest BCUT2D eigenvalue weighted by molar-refractivity contribution is 7.90. The molecule has 2 N–H and O–H groups in total. The van der Waals surface area contributed by atoms with Crippen LogP contribution < -0.4 is 10.6 Å². The molecular weight excluding hydrogens is 256 g/mol. The number of rotatable bonds is 6. The van der Waals surface area contributed by atoms with Gasteiger partial charge in [0.25, 0.3) is 0 Å². The Hall–Kier alpha value is -0.660. The average molecular weight is 278 g/mol. The summed E-state index contributed by atoms with van der Waals surface area (Å²) in [6, 6.07) is -0.365. The first-order valence-corrected chi connectivity index (χ1v) is 8.18. The van der Waals surface area contributed by atoms with Crippen molar-refractivity contribution in [3.63, 3.8) is 0 Å². The van der Waals surface area contributed by atoms with Crippen molar-refractivity contribution in [1.29, 1.82) is 0 Å². The Bertz CT molecular complexity index is 383. The summed E-state index contributed by atoms with van der Waals surface area (Å²) in [5.74, 6) is -0.431. The van der Waals surface area contributed by atoms with Crippen LogP contribution >= 0.6 is 0 Å². The maximum absolute atomic E-state index is 12.0. The molecule has 1 rings (SSSR count). The second-order valence-electron chi connectivity index (χ2n) is 4.81. The number of carbonyl (C=O) groups is 1. The van der Waals surface area contributed by atoms with Gasteiger partial charge >= 0.3 is 0 Å². The largest absolute Gasteiger partial charge is 0.379 e. The monoisotopic (exact) mass is 278 g/mol. The molecule has 6 nitrogen and oxygen atoms in total. The summed E-state index contributed by atoms with van der Waals surface area (Å²) in [6.45, 7) is 5.34. The Morgan fingerprint density at radius 1 is 1.44 bits per heavy atom. The summed E-state index contributed by atoms with van der Waals surface area (Å²) in [4.78, 5) is 12.0. The first kappa shape index (κ1) is 15.4. The van der Waals surface area contributed by atoms with E-state index in [2.05, 4.69) is 10.6 Å². The van der Waals surface area contributed by atoms with Gasteiger partial charge in [-0.2, -0.15) is 0 Å². The number of likely N-dealkylation sites (N-methyl/N-ethyl adjacent to an activating group) is 1. The van der Waals surface area contributed by atoms with E-state index in [4.69, 9.17) is 4.74 Å². The summed E-state index contributed by atoms with van der Waals surface area (Å²) in [6.07, 6.45) is 1.16. The molecule has 3 atom stereocenters. The molecular formula is C11H22N2O4S. The van der Waals surface area contributed by atoms with Crippen LogP contribution in [0.15, 0.2) is 0 Å². The zero-order valence-corrected chi connectivity index (χ0v) is 11.9. The summed E-state index contributed by atoms with van der Waals surface area (Å²) < 4.78 is 27.5. The molecule has 0 bridgehead atoms. The quantitative estimate of drug-likeness (QED) is 0.662. The molecule has 0 aliphatic carbocycles. The van der Waals surface area contributed by atoms with E-state index >= 15 is 0 Å². The Kier molecular flexibility index (Phi) is 5.55. The van der Waals surface area contributed by atoms with Crippen molar-refractivity contribution >= 4 is 15.7 Å². The van der Waals surface area contributed by atoms with Gasteiger partial charge in [-0.25, -0.2) is 8.42 Å². The smallest absolute Gasteiger partial charge is 0.227 e. The van der Waals surface area contributed by atoms with Crippen LogP contribution in [0.4, 0.5) is 0 Å². The number of nitrogens with one attached hydrogen (secondary N) is 2. The normalized spacial score (nSPS) is 25.9. The SMILES string of the molecule is CCNC1COCC1C(=O)NC(C)CS(C)(=O)=O. The average Bonchev–Trinajstić information content (AvgIpc) is 2.63. The first-order valence-electron chi connectivity index (χ1n) is 6.12. The lowest BCUT2D eigenvalue weighted by atomic mass is 10.0. The fourth-order valence-corrected chi connectivity index (χ4v) is 3.11. The van der Waals surface area contributed by atoms with Crippen molar-refractivity contribution in [1.82, 2.24) is 10.6 Å². The zero-order valence-electron chi connectivity index (χ0n) is 11.1. The molecule has 0 radical (unpaired) electrons. The minimum absolute atomic E-state index is 0.0143. The summed E-state index contributed by atoms with van der Waals surface area (Å²) >= 11 is 0. The third-order valence-electron chi connectivity index (χ3n) is 2.83. The highest BCUT2D eigenvalue weighted by Gasteiger charge is 2.34. The van der Waals surface area contributed by atoms with Crippen LogP contribution in [-0.4, -0.2) is 58.2 Å². The van der Waals surface area contributed by atoms with E-state index in [0.717, 1.165) is 12.8 Å². The molecule has 1 heterocycles. The number of hydrogen-bond acceptors (Lipinski definition) is 5. The van der Waals surface area contributed by atoms with Crippen LogP contribution in [0.2, 0.25) is 0 Å². The van der Waals surface area contributed by atoms with Gasteiger partial charge in [0.15, 0.2) is 0 Å². The van der Waals surface area contributed by atoms with Gasteiger partial charge in [-0.3, -0.25) is 4.79 Å². The molecule has 106 valence electrons. The van der Waals surface area contributed by atoms with Crippen molar-refractivity contribution in [2.45, 2.75) is 25.9 Å². The van der Waals surface area contributed by atoms with E-state index < -0.39 is 9.84 Å². The standard InChI is InChI=1S/C11H22N2O4S/c1-4-12-10-6-17-5-9(10)11(14)13-8(2)7-18(3,15)16/h8-10,12H,4-7H2,1-3H3,(H,13,14). The molecule has 7 heteroatoms. The van der Waals surface area contributed by atoms with Crippen molar-refractivity contribution in [3.8, 4) is 0 Å². The molecule has 1 amide bonds. The van der Waals surface area contributed by atoms with Gasteiger partial charge < -0.3 is 15.4 Å². The van der Waals surface area contributed by atoms with Crippen LogP contribution in [-0.2, 0) is 19.4 Å².